The van der Waals surface area contributed by atoms with Gasteiger partial charge in [-0.05, 0) is 49.2 Å². The first-order valence-corrected chi connectivity index (χ1v) is 11.5. The van der Waals surface area contributed by atoms with Crippen molar-refractivity contribution < 1.29 is 13.2 Å². The van der Waals surface area contributed by atoms with Crippen LogP contribution in [0, 0.1) is 0 Å². The van der Waals surface area contributed by atoms with Gasteiger partial charge in [-0.2, -0.15) is 4.31 Å². The van der Waals surface area contributed by atoms with Gasteiger partial charge in [0.05, 0.1) is 16.3 Å². The van der Waals surface area contributed by atoms with Crippen LogP contribution >= 0.6 is 11.6 Å². The van der Waals surface area contributed by atoms with E-state index in [1.807, 2.05) is 25.1 Å². The van der Waals surface area contributed by atoms with Gasteiger partial charge in [0.25, 0.3) is 5.91 Å². The molecule has 0 bridgehead atoms. The van der Waals surface area contributed by atoms with Gasteiger partial charge < -0.3 is 10.2 Å². The number of benzene rings is 2. The smallest absolute Gasteiger partial charge is 0.255 e. The molecule has 8 heteroatoms. The molecule has 2 aromatic carbocycles. The van der Waals surface area contributed by atoms with Crippen molar-refractivity contribution in [2.24, 2.45) is 0 Å². The summed E-state index contributed by atoms with van der Waals surface area (Å²) in [5.74, 6) is -0.386. The number of nitrogens with one attached hydrogen (secondary N) is 1. The Labute approximate surface area is 177 Å². The van der Waals surface area contributed by atoms with Crippen molar-refractivity contribution >= 4 is 38.9 Å². The minimum atomic E-state index is -3.62. The number of carbonyl (C=O) groups excluding carboxylic acids is 1. The van der Waals surface area contributed by atoms with Gasteiger partial charge in [-0.1, -0.05) is 30.5 Å². The van der Waals surface area contributed by atoms with Crippen molar-refractivity contribution in [2.45, 2.75) is 30.6 Å². The highest BCUT2D eigenvalue weighted by molar-refractivity contribution is 7.89. The van der Waals surface area contributed by atoms with Crippen LogP contribution in [0.3, 0.4) is 0 Å². The second kappa shape index (κ2) is 9.15. The van der Waals surface area contributed by atoms with Crippen LogP contribution in [-0.4, -0.2) is 45.8 Å². The Morgan fingerprint density at radius 3 is 2.38 bits per heavy atom. The number of sulfonamides is 1. The van der Waals surface area contributed by atoms with Gasteiger partial charge >= 0.3 is 0 Å². The zero-order valence-corrected chi connectivity index (χ0v) is 18.3. The van der Waals surface area contributed by atoms with E-state index in [0.717, 1.165) is 31.4 Å². The summed E-state index contributed by atoms with van der Waals surface area (Å²) in [5.41, 5.74) is 1.65. The minimum absolute atomic E-state index is 0.144. The lowest BCUT2D eigenvalue weighted by molar-refractivity contribution is 0.102. The number of hydrogen-bond acceptors (Lipinski definition) is 4. The highest BCUT2D eigenvalue weighted by Gasteiger charge is 2.26. The molecule has 1 saturated heterocycles. The first-order chi connectivity index (χ1) is 13.8. The maximum absolute atomic E-state index is 13.0. The molecule has 0 atom stereocenters. The summed E-state index contributed by atoms with van der Waals surface area (Å²) in [5, 5.41) is 3.35. The maximum Gasteiger partial charge on any atom is 0.255 e. The molecular weight excluding hydrogens is 410 g/mol. The molecule has 0 saturated carbocycles. The standard InChI is InChI=1S/C21H26ClN3O3S/c1-24(2)20-11-10-17(22)15-19(20)23-21(26)16-8-7-9-18(14-16)29(27,28)25-12-5-3-4-6-13-25/h7-11,14-15H,3-6,12-13H2,1-2H3,(H,23,26). The quantitative estimate of drug-likeness (QED) is 0.763. The lowest BCUT2D eigenvalue weighted by atomic mass is 10.2. The first-order valence-electron chi connectivity index (χ1n) is 9.67. The SMILES string of the molecule is CN(C)c1ccc(Cl)cc1NC(=O)c1cccc(S(=O)(=O)N2CCCCCC2)c1. The molecular formula is C21H26ClN3O3S. The zero-order valence-electron chi connectivity index (χ0n) is 16.7. The van der Waals surface area contributed by atoms with Crippen LogP contribution in [0.15, 0.2) is 47.4 Å². The van der Waals surface area contributed by atoms with Gasteiger partial charge in [0.15, 0.2) is 0 Å². The number of carbonyl (C=O) groups is 1. The maximum atomic E-state index is 13.0. The van der Waals surface area contributed by atoms with Crippen molar-refractivity contribution in [1.82, 2.24) is 4.31 Å². The van der Waals surface area contributed by atoms with E-state index in [2.05, 4.69) is 5.32 Å². The molecule has 29 heavy (non-hydrogen) atoms. The topological polar surface area (TPSA) is 69.7 Å². The molecule has 1 amide bonds. The van der Waals surface area contributed by atoms with Gasteiger partial charge in [-0.15, -0.1) is 0 Å². The Morgan fingerprint density at radius 2 is 1.72 bits per heavy atom. The fourth-order valence-corrected chi connectivity index (χ4v) is 5.16. The average molecular weight is 436 g/mol. The molecule has 1 fully saturated rings. The molecule has 0 aromatic heterocycles. The first kappa shape index (κ1) is 21.6. The molecule has 3 rings (SSSR count). The van der Waals surface area contributed by atoms with Crippen LogP contribution < -0.4 is 10.2 Å². The second-order valence-corrected chi connectivity index (χ2v) is 9.73. The van der Waals surface area contributed by atoms with E-state index in [1.54, 1.807) is 30.3 Å². The van der Waals surface area contributed by atoms with Gasteiger partial charge in [-0.3, -0.25) is 4.79 Å². The zero-order chi connectivity index (χ0) is 21.0. The minimum Gasteiger partial charge on any atom is -0.376 e. The van der Waals surface area contributed by atoms with Gasteiger partial charge in [-0.25, -0.2) is 8.42 Å². The van der Waals surface area contributed by atoms with Crippen LogP contribution in [0.1, 0.15) is 36.0 Å². The third kappa shape index (κ3) is 5.10. The summed E-state index contributed by atoms with van der Waals surface area (Å²) in [6.07, 6.45) is 3.81. The molecule has 0 spiro atoms. The molecule has 2 aromatic rings. The second-order valence-electron chi connectivity index (χ2n) is 7.36. The predicted octanol–water partition coefficient (Wildman–Crippen LogP) is 4.22. The van der Waals surface area contributed by atoms with Crippen LogP contribution in [0.5, 0.6) is 0 Å². The predicted molar refractivity (Wildman–Crippen MR) is 117 cm³/mol. The summed E-state index contributed by atoms with van der Waals surface area (Å²) in [4.78, 5) is 14.8. The van der Waals surface area contributed by atoms with Crippen LogP contribution in [-0.2, 0) is 10.0 Å². The highest BCUT2D eigenvalue weighted by Crippen LogP contribution is 2.28. The normalized spacial score (nSPS) is 15.6. The van der Waals surface area contributed by atoms with E-state index in [0.29, 0.717) is 23.8 Å². The molecule has 0 unspecified atom stereocenters. The molecule has 6 nitrogen and oxygen atoms in total. The summed E-state index contributed by atoms with van der Waals surface area (Å²) >= 11 is 6.08. The van der Waals surface area contributed by atoms with E-state index in [9.17, 15) is 13.2 Å². The molecule has 0 radical (unpaired) electrons. The Balaban J connectivity index is 1.86. The summed E-state index contributed by atoms with van der Waals surface area (Å²) in [6, 6.07) is 11.4. The fraction of sp³-hybridized carbons (Fsp3) is 0.381. The highest BCUT2D eigenvalue weighted by atomic mass is 35.5. The molecule has 0 aliphatic carbocycles. The number of amides is 1. The third-order valence-electron chi connectivity index (χ3n) is 4.99. The van der Waals surface area contributed by atoms with Crippen molar-refractivity contribution in [3.63, 3.8) is 0 Å². The van der Waals surface area contributed by atoms with E-state index in [4.69, 9.17) is 11.6 Å². The fourth-order valence-electron chi connectivity index (χ4n) is 3.42. The summed E-state index contributed by atoms with van der Waals surface area (Å²) in [6.45, 7) is 1.04. The van der Waals surface area contributed by atoms with Crippen molar-refractivity contribution in [2.75, 3.05) is 37.4 Å². The summed E-state index contributed by atoms with van der Waals surface area (Å²) < 4.78 is 27.6. The van der Waals surface area contributed by atoms with Crippen LogP contribution in [0.25, 0.3) is 0 Å². The molecule has 1 N–H and O–H groups in total. The van der Waals surface area contributed by atoms with Gasteiger partial charge in [0, 0.05) is 37.8 Å². The number of rotatable bonds is 5. The number of nitrogens with zero attached hydrogens (tertiary/aromatic N) is 2. The largest absolute Gasteiger partial charge is 0.376 e. The van der Waals surface area contributed by atoms with E-state index < -0.39 is 10.0 Å². The lowest BCUT2D eigenvalue weighted by Crippen LogP contribution is -2.32. The Morgan fingerprint density at radius 1 is 1.03 bits per heavy atom. The van der Waals surface area contributed by atoms with Gasteiger partial charge in [0.2, 0.25) is 10.0 Å². The Bertz CT molecular complexity index is 984. The lowest BCUT2D eigenvalue weighted by Gasteiger charge is -2.20. The molecule has 1 aliphatic rings. The number of hydrogen-bond donors (Lipinski definition) is 1. The van der Waals surface area contributed by atoms with Crippen LogP contribution in [0.4, 0.5) is 11.4 Å². The molecule has 1 heterocycles. The Hall–Kier alpha value is -2.09. The van der Waals surface area contributed by atoms with Crippen molar-refractivity contribution in [3.8, 4) is 0 Å². The van der Waals surface area contributed by atoms with Crippen molar-refractivity contribution in [3.05, 3.63) is 53.1 Å². The molecule has 1 aliphatic heterocycles. The molecule has 156 valence electrons. The number of anilines is 2. The monoisotopic (exact) mass is 435 g/mol. The van der Waals surface area contributed by atoms with Gasteiger partial charge in [0.1, 0.15) is 0 Å². The number of halogens is 1. The van der Waals surface area contributed by atoms with E-state index >= 15 is 0 Å². The summed E-state index contributed by atoms with van der Waals surface area (Å²) in [7, 11) is 0.118. The van der Waals surface area contributed by atoms with E-state index in [-0.39, 0.29) is 16.4 Å². The van der Waals surface area contributed by atoms with E-state index in [1.165, 1.54) is 10.4 Å². The third-order valence-corrected chi connectivity index (χ3v) is 7.12. The average Bonchev–Trinajstić information content (AvgIpc) is 2.98. The van der Waals surface area contributed by atoms with Crippen LogP contribution in [0.2, 0.25) is 5.02 Å². The Kier molecular flexibility index (Phi) is 6.82. The van der Waals surface area contributed by atoms with Crippen molar-refractivity contribution in [1.29, 1.82) is 0 Å².